The summed E-state index contributed by atoms with van der Waals surface area (Å²) in [5.41, 5.74) is 2.79. The summed E-state index contributed by atoms with van der Waals surface area (Å²) < 4.78 is 14.7. The van der Waals surface area contributed by atoms with Gasteiger partial charge in [0.25, 0.3) is 0 Å². The molecule has 0 aliphatic carbocycles. The number of anilines is 1. The summed E-state index contributed by atoms with van der Waals surface area (Å²) in [6.07, 6.45) is 2.36. The molecule has 0 atom stereocenters. The largest absolute Gasteiger partial charge is 0.465 e. The van der Waals surface area contributed by atoms with Crippen molar-refractivity contribution >= 4 is 17.4 Å². The maximum Gasteiger partial charge on any atom is 0.409 e. The number of carbonyl (C=O) groups is 1. The predicted molar refractivity (Wildman–Crippen MR) is 84.0 cm³/mol. The Morgan fingerprint density at radius 1 is 1.26 bits per heavy atom. The van der Waals surface area contributed by atoms with Crippen molar-refractivity contribution < 1.29 is 14.3 Å². The summed E-state index contributed by atoms with van der Waals surface area (Å²) in [5, 5.41) is 11.3. The van der Waals surface area contributed by atoms with Crippen molar-refractivity contribution in [3.8, 4) is 11.8 Å². The van der Waals surface area contributed by atoms with Crippen molar-refractivity contribution in [2.75, 3.05) is 5.32 Å². The normalized spacial score (nSPS) is 10.2. The van der Waals surface area contributed by atoms with Crippen molar-refractivity contribution in [1.29, 1.82) is 0 Å². The second kappa shape index (κ2) is 5.81. The summed E-state index contributed by atoms with van der Waals surface area (Å²) in [6.45, 7) is 1.84. The van der Waals surface area contributed by atoms with E-state index in [0.717, 1.165) is 5.69 Å². The lowest BCUT2D eigenvalue weighted by molar-refractivity contribution is 0.209. The molecule has 0 bridgehead atoms. The molecule has 5 nitrogen and oxygen atoms in total. The lowest BCUT2D eigenvalue weighted by atomic mass is 10.1. The average molecular weight is 309 g/mol. The van der Waals surface area contributed by atoms with Crippen molar-refractivity contribution in [2.45, 2.75) is 6.92 Å². The summed E-state index contributed by atoms with van der Waals surface area (Å²) in [7, 11) is 0. The van der Waals surface area contributed by atoms with Crippen LogP contribution >= 0.6 is 0 Å². The van der Waals surface area contributed by atoms with Crippen LogP contribution in [0.5, 0.6) is 0 Å². The van der Waals surface area contributed by atoms with Crippen LogP contribution in [0.4, 0.5) is 14.9 Å². The van der Waals surface area contributed by atoms with Crippen LogP contribution in [0.15, 0.2) is 42.7 Å². The highest BCUT2D eigenvalue weighted by Crippen LogP contribution is 2.20. The quantitative estimate of drug-likeness (QED) is 0.678. The van der Waals surface area contributed by atoms with Gasteiger partial charge in [-0.15, -0.1) is 0 Å². The van der Waals surface area contributed by atoms with Crippen LogP contribution in [-0.2, 0) is 0 Å². The molecule has 0 spiro atoms. The molecule has 1 amide bonds. The number of pyridine rings is 1. The molecular weight excluding hydrogens is 297 g/mol. The Hall–Kier alpha value is -3.33. The fourth-order valence-corrected chi connectivity index (χ4v) is 2.18. The first kappa shape index (κ1) is 14.6. The molecule has 2 aromatic heterocycles. The number of carboxylic acid groups (broad SMARTS) is 1. The van der Waals surface area contributed by atoms with E-state index in [9.17, 15) is 9.18 Å². The van der Waals surface area contributed by atoms with Crippen LogP contribution in [0.25, 0.3) is 5.65 Å². The first-order valence-corrected chi connectivity index (χ1v) is 6.79. The Kier molecular flexibility index (Phi) is 3.69. The van der Waals surface area contributed by atoms with Gasteiger partial charge in [0.1, 0.15) is 5.82 Å². The number of benzene rings is 1. The number of aromatic nitrogens is 2. The number of nitrogens with zero attached hydrogens (tertiary/aromatic N) is 2. The predicted octanol–water partition coefficient (Wildman–Crippen LogP) is 3.27. The van der Waals surface area contributed by atoms with E-state index in [0.29, 0.717) is 22.5 Å². The topological polar surface area (TPSA) is 66.6 Å². The fraction of sp³-hybridized carbons (Fsp3) is 0.0588. The van der Waals surface area contributed by atoms with E-state index >= 15 is 0 Å². The Morgan fingerprint density at radius 3 is 2.70 bits per heavy atom. The molecule has 1 aromatic carbocycles. The van der Waals surface area contributed by atoms with Gasteiger partial charge in [-0.2, -0.15) is 0 Å². The molecule has 0 saturated heterocycles. The zero-order valence-corrected chi connectivity index (χ0v) is 12.2. The van der Waals surface area contributed by atoms with Gasteiger partial charge in [0.2, 0.25) is 0 Å². The molecule has 3 rings (SSSR count). The standard InChI is InChI=1S/C17H12FN3O2/c1-11-10-21-9-8-15(20-17(22)23)14(16(21)19-11)7-4-12-2-5-13(18)6-3-12/h2-3,5-6,8-10,20H,1H3,(H,22,23). The van der Waals surface area contributed by atoms with Crippen LogP contribution in [0.1, 0.15) is 16.8 Å². The van der Waals surface area contributed by atoms with Crippen molar-refractivity contribution in [3.63, 3.8) is 0 Å². The fourth-order valence-electron chi connectivity index (χ4n) is 2.18. The van der Waals surface area contributed by atoms with Gasteiger partial charge in [-0.1, -0.05) is 11.8 Å². The molecule has 114 valence electrons. The molecule has 2 heterocycles. The number of imidazole rings is 1. The molecule has 2 N–H and O–H groups in total. The van der Waals surface area contributed by atoms with E-state index < -0.39 is 6.09 Å². The van der Waals surface area contributed by atoms with Crippen LogP contribution in [0.3, 0.4) is 0 Å². The molecule has 3 aromatic rings. The highest BCUT2D eigenvalue weighted by atomic mass is 19.1. The summed E-state index contributed by atoms with van der Waals surface area (Å²) >= 11 is 0. The summed E-state index contributed by atoms with van der Waals surface area (Å²) in [6, 6.07) is 7.38. The number of nitrogens with one attached hydrogen (secondary N) is 1. The average Bonchev–Trinajstić information content (AvgIpc) is 2.88. The summed E-state index contributed by atoms with van der Waals surface area (Å²) in [4.78, 5) is 15.3. The van der Waals surface area contributed by atoms with Gasteiger partial charge in [-0.3, -0.25) is 5.32 Å². The van der Waals surface area contributed by atoms with Crippen LogP contribution < -0.4 is 5.32 Å². The number of hydrogen-bond donors (Lipinski definition) is 2. The first-order valence-electron chi connectivity index (χ1n) is 6.79. The third-order valence-corrected chi connectivity index (χ3v) is 3.17. The van der Waals surface area contributed by atoms with E-state index in [2.05, 4.69) is 22.1 Å². The van der Waals surface area contributed by atoms with Gasteiger partial charge < -0.3 is 9.51 Å². The van der Waals surface area contributed by atoms with Gasteiger partial charge >= 0.3 is 6.09 Å². The van der Waals surface area contributed by atoms with Crippen molar-refractivity contribution in [3.05, 3.63) is 65.4 Å². The second-order valence-electron chi connectivity index (χ2n) is 4.90. The third-order valence-electron chi connectivity index (χ3n) is 3.17. The van der Waals surface area contributed by atoms with Crippen LogP contribution in [-0.4, -0.2) is 20.6 Å². The molecule has 0 aliphatic heterocycles. The number of halogens is 1. The zero-order chi connectivity index (χ0) is 16.4. The number of rotatable bonds is 1. The molecule has 0 radical (unpaired) electrons. The number of fused-ring (bicyclic) bond motifs is 1. The minimum absolute atomic E-state index is 0.338. The molecule has 6 heteroatoms. The number of hydrogen-bond acceptors (Lipinski definition) is 2. The molecular formula is C17H12FN3O2. The summed E-state index contributed by atoms with van der Waals surface area (Å²) in [5.74, 6) is 5.49. The van der Waals surface area contributed by atoms with E-state index in [-0.39, 0.29) is 5.82 Å². The van der Waals surface area contributed by atoms with E-state index in [1.54, 1.807) is 28.8 Å². The smallest absolute Gasteiger partial charge is 0.409 e. The maximum atomic E-state index is 12.9. The van der Waals surface area contributed by atoms with Crippen molar-refractivity contribution in [1.82, 2.24) is 9.38 Å². The van der Waals surface area contributed by atoms with Gasteiger partial charge in [0.05, 0.1) is 16.9 Å². The van der Waals surface area contributed by atoms with Gasteiger partial charge in [-0.25, -0.2) is 14.2 Å². The van der Waals surface area contributed by atoms with E-state index in [1.807, 2.05) is 13.1 Å². The zero-order valence-electron chi connectivity index (χ0n) is 12.2. The molecule has 0 unspecified atom stereocenters. The lowest BCUT2D eigenvalue weighted by Gasteiger charge is -2.05. The monoisotopic (exact) mass is 309 g/mol. The molecule has 0 saturated carbocycles. The number of amides is 1. The lowest BCUT2D eigenvalue weighted by Crippen LogP contribution is -2.09. The number of aryl methyl sites for hydroxylation is 1. The maximum absolute atomic E-state index is 12.9. The molecule has 23 heavy (non-hydrogen) atoms. The van der Waals surface area contributed by atoms with Crippen molar-refractivity contribution in [2.24, 2.45) is 0 Å². The van der Waals surface area contributed by atoms with E-state index in [1.165, 1.54) is 12.1 Å². The molecule has 0 fully saturated rings. The van der Waals surface area contributed by atoms with Crippen LogP contribution in [0, 0.1) is 24.6 Å². The molecule has 0 aliphatic rings. The van der Waals surface area contributed by atoms with E-state index in [4.69, 9.17) is 5.11 Å². The Bertz CT molecular complexity index is 950. The Balaban J connectivity index is 2.13. The minimum Gasteiger partial charge on any atom is -0.465 e. The Labute approximate surface area is 131 Å². The first-order chi connectivity index (χ1) is 11.0. The van der Waals surface area contributed by atoms with Gasteiger partial charge in [0, 0.05) is 18.0 Å². The SMILES string of the molecule is Cc1cn2ccc(NC(=O)O)c(C#Cc3ccc(F)cc3)c2n1. The van der Waals surface area contributed by atoms with Gasteiger partial charge in [0.15, 0.2) is 5.65 Å². The highest BCUT2D eigenvalue weighted by Gasteiger charge is 2.10. The minimum atomic E-state index is -1.18. The third kappa shape index (κ3) is 3.14. The van der Waals surface area contributed by atoms with Gasteiger partial charge in [-0.05, 0) is 37.3 Å². The Morgan fingerprint density at radius 2 is 2.00 bits per heavy atom. The second-order valence-corrected chi connectivity index (χ2v) is 4.90. The van der Waals surface area contributed by atoms with Crippen LogP contribution in [0.2, 0.25) is 0 Å². The highest BCUT2D eigenvalue weighted by molar-refractivity contribution is 5.87.